The maximum atomic E-state index is 11.1. The zero-order valence-electron chi connectivity index (χ0n) is 30.3. The van der Waals surface area contributed by atoms with Gasteiger partial charge in [0.2, 0.25) is 0 Å². The van der Waals surface area contributed by atoms with Crippen molar-refractivity contribution in [2.24, 2.45) is 5.41 Å². The zero-order chi connectivity index (χ0) is 34.8. The van der Waals surface area contributed by atoms with Crippen molar-refractivity contribution in [1.82, 2.24) is 15.3 Å². The summed E-state index contributed by atoms with van der Waals surface area (Å²) < 4.78 is 5.65. The van der Waals surface area contributed by atoms with Gasteiger partial charge in [-0.2, -0.15) is 0 Å². The highest BCUT2D eigenvalue weighted by Gasteiger charge is 2.39. The molecule has 0 amide bonds. The van der Waals surface area contributed by atoms with E-state index in [-0.39, 0.29) is 11.5 Å². The van der Waals surface area contributed by atoms with Crippen molar-refractivity contribution in [2.75, 3.05) is 44.4 Å². The molecule has 1 atom stereocenters. The third kappa shape index (κ3) is 16.2. The van der Waals surface area contributed by atoms with Gasteiger partial charge in [0.25, 0.3) is 0 Å². The first-order valence-electron chi connectivity index (χ1n) is 17.8. The second-order valence-corrected chi connectivity index (χ2v) is 13.1. The minimum Gasteiger partial charge on any atom is -0.494 e. The minimum absolute atomic E-state index is 0.0913. The van der Waals surface area contributed by atoms with Crippen LogP contribution in [0.25, 0.3) is 0 Å². The van der Waals surface area contributed by atoms with Crippen molar-refractivity contribution in [3.05, 3.63) is 72.3 Å². The maximum absolute atomic E-state index is 11.1. The summed E-state index contributed by atoms with van der Waals surface area (Å²) >= 11 is 1.96. The first-order valence-corrected chi connectivity index (χ1v) is 18.8. The number of terminal acetylenes is 1. The Labute approximate surface area is 291 Å². The molecule has 1 aliphatic rings. The Balaban J connectivity index is 0.000000428. The van der Waals surface area contributed by atoms with Crippen LogP contribution in [0.1, 0.15) is 96.7 Å². The number of para-hydroxylation sites is 1. The molecule has 0 radical (unpaired) electrons. The van der Waals surface area contributed by atoms with Crippen LogP contribution in [0, 0.1) is 18.3 Å². The normalized spacial score (nSPS) is 14.4. The number of unbranched alkanes of at least 4 members (excludes halogenated alkanes) is 4. The number of fused-ring (bicyclic) bond motifs is 1. The van der Waals surface area contributed by atoms with E-state index in [0.717, 1.165) is 63.3 Å². The zero-order valence-corrected chi connectivity index (χ0v) is 31.1. The van der Waals surface area contributed by atoms with E-state index < -0.39 is 0 Å². The second-order valence-electron chi connectivity index (χ2n) is 12.1. The van der Waals surface area contributed by atoms with Crippen LogP contribution in [0.15, 0.2) is 66.0 Å². The number of ether oxygens (including phenoxy) is 1. The maximum Gasteiger partial charge on any atom is 0.119 e. The van der Waals surface area contributed by atoms with Gasteiger partial charge < -0.3 is 25.0 Å². The summed E-state index contributed by atoms with van der Waals surface area (Å²) in [7, 11) is 4.16. The molecule has 1 aromatic heterocycles. The van der Waals surface area contributed by atoms with Gasteiger partial charge in [-0.15, -0.1) is 24.6 Å². The monoisotopic (exact) mass is 664 g/mol. The SMILES string of the molecule is C#C.CC.CCCCC1(CCCC)CSc2ccc(N(C)C)cc2C[C@H]1O.c1ccc(OCCCCCNCCc2cnc[nH]2)cc1. The van der Waals surface area contributed by atoms with Crippen LogP contribution in [-0.4, -0.2) is 60.7 Å². The van der Waals surface area contributed by atoms with Gasteiger partial charge in [0.05, 0.1) is 19.0 Å². The Morgan fingerprint density at radius 1 is 0.979 bits per heavy atom. The molecule has 0 spiro atoms. The molecular weight excluding hydrogens is 601 g/mol. The van der Waals surface area contributed by atoms with Crippen LogP contribution >= 0.6 is 11.8 Å². The lowest BCUT2D eigenvalue weighted by molar-refractivity contribution is 0.0259. The van der Waals surface area contributed by atoms with Crippen molar-refractivity contribution < 1.29 is 9.84 Å². The summed E-state index contributed by atoms with van der Waals surface area (Å²) in [5.41, 5.74) is 3.83. The van der Waals surface area contributed by atoms with E-state index in [2.05, 4.69) is 79.2 Å². The van der Waals surface area contributed by atoms with Crippen LogP contribution in [0.2, 0.25) is 0 Å². The molecule has 3 aromatic rings. The number of rotatable bonds is 17. The number of hydrogen-bond acceptors (Lipinski definition) is 6. The van der Waals surface area contributed by atoms with Crippen LogP contribution in [0.4, 0.5) is 5.69 Å². The molecule has 0 saturated carbocycles. The number of anilines is 1. The van der Waals surface area contributed by atoms with Gasteiger partial charge in [-0.1, -0.05) is 71.6 Å². The third-order valence-corrected chi connectivity index (χ3v) is 9.82. The summed E-state index contributed by atoms with van der Waals surface area (Å²) in [6.45, 7) is 11.4. The number of nitrogens with zero attached hydrogens (tertiary/aromatic N) is 2. The molecular formula is C40H64N4O2S. The summed E-state index contributed by atoms with van der Waals surface area (Å²) in [6, 6.07) is 16.7. The van der Waals surface area contributed by atoms with Gasteiger partial charge in [0, 0.05) is 67.1 Å². The van der Waals surface area contributed by atoms with Crippen LogP contribution < -0.4 is 15.0 Å². The largest absolute Gasteiger partial charge is 0.494 e. The molecule has 1 aliphatic heterocycles. The highest BCUT2D eigenvalue weighted by molar-refractivity contribution is 7.99. The number of aromatic amines is 1. The van der Waals surface area contributed by atoms with Crippen molar-refractivity contribution in [3.63, 3.8) is 0 Å². The molecule has 2 heterocycles. The number of aromatic nitrogens is 2. The van der Waals surface area contributed by atoms with Gasteiger partial charge in [0.1, 0.15) is 5.75 Å². The molecule has 7 heteroatoms. The quantitative estimate of drug-likeness (QED) is 0.0987. The van der Waals surface area contributed by atoms with E-state index in [0.29, 0.717) is 0 Å². The first kappa shape index (κ1) is 42.1. The molecule has 3 N–H and O–H groups in total. The van der Waals surface area contributed by atoms with Gasteiger partial charge in [-0.05, 0) is 74.5 Å². The molecule has 0 fully saturated rings. The number of benzene rings is 2. The molecule has 0 aliphatic carbocycles. The van der Waals surface area contributed by atoms with Gasteiger partial charge in [0.15, 0.2) is 0 Å². The average Bonchev–Trinajstić information content (AvgIpc) is 3.59. The van der Waals surface area contributed by atoms with E-state index >= 15 is 0 Å². The summed E-state index contributed by atoms with van der Waals surface area (Å²) in [5, 5.41) is 14.5. The Bertz CT molecular complexity index is 1160. The van der Waals surface area contributed by atoms with Crippen molar-refractivity contribution in [1.29, 1.82) is 0 Å². The molecule has 6 nitrogen and oxygen atoms in total. The second kappa shape index (κ2) is 26.1. The van der Waals surface area contributed by atoms with E-state index in [1.54, 1.807) is 6.33 Å². The predicted octanol–water partition coefficient (Wildman–Crippen LogP) is 9.20. The highest BCUT2D eigenvalue weighted by atomic mass is 32.2. The number of aliphatic hydroxyl groups excluding tert-OH is 1. The van der Waals surface area contributed by atoms with Crippen molar-refractivity contribution >= 4 is 17.4 Å². The number of imidazole rings is 1. The fourth-order valence-corrected chi connectivity index (χ4v) is 6.97. The fourth-order valence-electron chi connectivity index (χ4n) is 5.55. The Morgan fingerprint density at radius 2 is 1.68 bits per heavy atom. The van der Waals surface area contributed by atoms with E-state index in [1.165, 1.54) is 60.4 Å². The Morgan fingerprint density at radius 3 is 2.30 bits per heavy atom. The third-order valence-electron chi connectivity index (χ3n) is 8.39. The molecule has 0 unspecified atom stereocenters. The van der Waals surface area contributed by atoms with Crippen LogP contribution in [0.5, 0.6) is 5.75 Å². The Hall–Kier alpha value is -2.92. The summed E-state index contributed by atoms with van der Waals surface area (Å²) in [5.74, 6) is 2.02. The smallest absolute Gasteiger partial charge is 0.119 e. The molecule has 0 bridgehead atoms. The number of nitrogens with one attached hydrogen (secondary N) is 2. The molecule has 0 saturated heterocycles. The van der Waals surface area contributed by atoms with E-state index in [4.69, 9.17) is 4.74 Å². The number of aliphatic hydroxyl groups is 1. The lowest BCUT2D eigenvalue weighted by Crippen LogP contribution is -2.38. The van der Waals surface area contributed by atoms with Crippen molar-refractivity contribution in [2.45, 2.75) is 109 Å². The molecule has 262 valence electrons. The van der Waals surface area contributed by atoms with Gasteiger partial charge >= 0.3 is 0 Å². The number of hydrogen-bond donors (Lipinski definition) is 3. The number of thioether (sulfide) groups is 1. The molecule has 2 aromatic carbocycles. The Kier molecular flexibility index (Phi) is 23.4. The lowest BCUT2D eigenvalue weighted by atomic mass is 9.73. The summed E-state index contributed by atoms with van der Waals surface area (Å²) in [4.78, 5) is 10.6. The average molecular weight is 665 g/mol. The van der Waals surface area contributed by atoms with Crippen LogP contribution in [-0.2, 0) is 12.8 Å². The van der Waals surface area contributed by atoms with E-state index in [1.807, 2.05) is 62.1 Å². The molecule has 4 rings (SSSR count). The first-order chi connectivity index (χ1) is 23.0. The van der Waals surface area contributed by atoms with Crippen LogP contribution in [0.3, 0.4) is 0 Å². The van der Waals surface area contributed by atoms with E-state index in [9.17, 15) is 5.11 Å². The molecule has 47 heavy (non-hydrogen) atoms. The minimum atomic E-state index is -0.216. The highest BCUT2D eigenvalue weighted by Crippen LogP contribution is 2.45. The predicted molar refractivity (Wildman–Crippen MR) is 205 cm³/mol. The topological polar surface area (TPSA) is 73.4 Å². The summed E-state index contributed by atoms with van der Waals surface area (Å²) in [6.07, 6.45) is 23.9. The lowest BCUT2D eigenvalue weighted by Gasteiger charge is -2.37. The van der Waals surface area contributed by atoms with Crippen molar-refractivity contribution in [3.8, 4) is 18.6 Å². The standard InChI is InChI=1S/C20H33NOS.C16H23N3O.C2H6.C2H2/c1-5-7-11-20(12-8-6-2)15-23-18-10-9-17(21(3)4)13-16(18)14-19(20)22;1-3-7-16(8-4-1)20-12-6-2-5-10-17-11-9-15-13-18-14-19-15;2*1-2/h9-10,13,19,22H,5-8,11-12,14-15H2,1-4H3;1,3-4,7-8,13-14,17H,2,5-6,9-12H2,(H,18,19);1-2H3;1-2H/t19-;;;/m1.../s1. The number of H-pyrrole nitrogens is 1. The van der Waals surface area contributed by atoms with Gasteiger partial charge in [-0.3, -0.25) is 0 Å². The fraction of sp³-hybridized carbons (Fsp3) is 0.575. The van der Waals surface area contributed by atoms with Gasteiger partial charge in [-0.25, -0.2) is 4.98 Å².